The molecule has 7 heteroatoms. The molecule has 0 unspecified atom stereocenters. The van der Waals surface area contributed by atoms with Crippen LogP contribution in [0.5, 0.6) is 0 Å². The number of anilines is 2. The summed E-state index contributed by atoms with van der Waals surface area (Å²) in [7, 11) is 0. The molecule has 2 amide bonds. The van der Waals surface area contributed by atoms with Crippen molar-refractivity contribution in [1.29, 1.82) is 0 Å². The molecule has 0 heterocycles. The van der Waals surface area contributed by atoms with Crippen molar-refractivity contribution in [2.75, 3.05) is 10.6 Å². The van der Waals surface area contributed by atoms with Crippen molar-refractivity contribution in [3.8, 4) is 0 Å². The van der Waals surface area contributed by atoms with Crippen molar-refractivity contribution in [2.24, 2.45) is 0 Å². The molecular weight excluding hydrogens is 381 g/mol. The number of halogens is 3. The van der Waals surface area contributed by atoms with Crippen LogP contribution in [0.15, 0.2) is 72.8 Å². The maximum absolute atomic E-state index is 12.6. The number of aryl methyl sites for hydroxylation is 1. The maximum Gasteiger partial charge on any atom is 0.416 e. The first-order valence-corrected chi connectivity index (χ1v) is 8.69. The summed E-state index contributed by atoms with van der Waals surface area (Å²) in [6.07, 6.45) is -4.43. The van der Waals surface area contributed by atoms with E-state index in [1.54, 1.807) is 6.07 Å². The smallest absolute Gasteiger partial charge is 0.322 e. The quantitative estimate of drug-likeness (QED) is 0.608. The van der Waals surface area contributed by atoms with Gasteiger partial charge in [0, 0.05) is 22.5 Å². The van der Waals surface area contributed by atoms with Crippen molar-refractivity contribution in [2.45, 2.75) is 13.1 Å². The average molecular weight is 398 g/mol. The summed E-state index contributed by atoms with van der Waals surface area (Å²) >= 11 is 0. The molecule has 2 N–H and O–H groups in total. The van der Waals surface area contributed by atoms with Crippen LogP contribution >= 0.6 is 0 Å². The maximum atomic E-state index is 12.6. The average Bonchev–Trinajstić information content (AvgIpc) is 2.68. The molecule has 4 nitrogen and oxygen atoms in total. The summed E-state index contributed by atoms with van der Waals surface area (Å²) in [6, 6.07) is 17.5. The van der Waals surface area contributed by atoms with Gasteiger partial charge >= 0.3 is 6.18 Å². The molecule has 0 aliphatic heterocycles. The van der Waals surface area contributed by atoms with Gasteiger partial charge in [0.05, 0.1) is 5.56 Å². The van der Waals surface area contributed by atoms with Crippen LogP contribution in [-0.4, -0.2) is 11.8 Å². The molecule has 0 bridgehead atoms. The second-order valence-electron chi connectivity index (χ2n) is 6.43. The number of alkyl halides is 3. The van der Waals surface area contributed by atoms with E-state index in [1.807, 2.05) is 25.1 Å². The standard InChI is InChI=1S/C22H17F3N2O2/c1-14-3-2-4-19(13-14)27-21(29)16-7-5-15(6-8-16)20(28)26-18-11-9-17(10-12-18)22(23,24)25/h2-13H,1H3,(H,26,28)(H,27,29). The number of nitrogens with one attached hydrogen (secondary N) is 2. The van der Waals surface area contributed by atoms with Crippen LogP contribution in [0, 0.1) is 6.92 Å². The fourth-order valence-corrected chi connectivity index (χ4v) is 2.64. The van der Waals surface area contributed by atoms with Gasteiger partial charge in [0.2, 0.25) is 0 Å². The molecule has 0 saturated heterocycles. The summed E-state index contributed by atoms with van der Waals surface area (Å²) in [6.45, 7) is 1.92. The first kappa shape index (κ1) is 20.1. The Balaban J connectivity index is 1.64. The number of carbonyl (C=O) groups excluding carboxylic acids is 2. The zero-order valence-electron chi connectivity index (χ0n) is 15.4. The lowest BCUT2D eigenvalue weighted by atomic mass is 10.1. The molecule has 3 rings (SSSR count). The third kappa shape index (κ3) is 5.22. The number of hydrogen-bond acceptors (Lipinski definition) is 2. The third-order valence-electron chi connectivity index (χ3n) is 4.16. The Morgan fingerprint density at radius 1 is 0.724 bits per heavy atom. The largest absolute Gasteiger partial charge is 0.416 e. The molecule has 29 heavy (non-hydrogen) atoms. The summed E-state index contributed by atoms with van der Waals surface area (Å²) in [5, 5.41) is 5.30. The van der Waals surface area contributed by atoms with E-state index in [4.69, 9.17) is 0 Å². The number of rotatable bonds is 4. The van der Waals surface area contributed by atoms with Gasteiger partial charge in [-0.25, -0.2) is 0 Å². The fraction of sp³-hybridized carbons (Fsp3) is 0.0909. The van der Waals surface area contributed by atoms with E-state index in [-0.39, 0.29) is 17.2 Å². The Bertz CT molecular complexity index is 1030. The van der Waals surface area contributed by atoms with Gasteiger partial charge in [0.15, 0.2) is 0 Å². The predicted molar refractivity (Wildman–Crippen MR) is 105 cm³/mol. The minimum atomic E-state index is -4.43. The Morgan fingerprint density at radius 2 is 1.24 bits per heavy atom. The monoisotopic (exact) mass is 398 g/mol. The van der Waals surface area contributed by atoms with Gasteiger partial charge in [-0.1, -0.05) is 12.1 Å². The van der Waals surface area contributed by atoms with Gasteiger partial charge in [-0.3, -0.25) is 9.59 Å². The number of carbonyl (C=O) groups is 2. The second-order valence-corrected chi connectivity index (χ2v) is 6.43. The van der Waals surface area contributed by atoms with Crippen LogP contribution in [0.2, 0.25) is 0 Å². The lowest BCUT2D eigenvalue weighted by Crippen LogP contribution is -2.14. The molecule has 0 spiro atoms. The van der Waals surface area contributed by atoms with Crippen LogP contribution in [0.4, 0.5) is 24.5 Å². The summed E-state index contributed by atoms with van der Waals surface area (Å²) in [4.78, 5) is 24.6. The first-order chi connectivity index (χ1) is 13.7. The molecule has 0 radical (unpaired) electrons. The van der Waals surface area contributed by atoms with Crippen molar-refractivity contribution >= 4 is 23.2 Å². The molecule has 3 aromatic rings. The van der Waals surface area contributed by atoms with Gasteiger partial charge in [-0.15, -0.1) is 0 Å². The number of benzene rings is 3. The van der Waals surface area contributed by atoms with Gasteiger partial charge in [0.25, 0.3) is 11.8 Å². The van der Waals surface area contributed by atoms with E-state index in [0.717, 1.165) is 17.7 Å². The molecule has 0 atom stereocenters. The van der Waals surface area contributed by atoms with Crippen molar-refractivity contribution in [1.82, 2.24) is 0 Å². The van der Waals surface area contributed by atoms with Crippen molar-refractivity contribution in [3.05, 3.63) is 95.1 Å². The predicted octanol–water partition coefficient (Wildman–Crippen LogP) is 5.52. The molecule has 3 aromatic carbocycles. The Kier molecular flexibility index (Phi) is 5.68. The summed E-state index contributed by atoms with van der Waals surface area (Å²) in [5.74, 6) is -0.805. The normalized spacial score (nSPS) is 11.0. The van der Waals surface area contributed by atoms with Crippen LogP contribution in [0.3, 0.4) is 0 Å². The van der Waals surface area contributed by atoms with Gasteiger partial charge in [0.1, 0.15) is 0 Å². The van der Waals surface area contributed by atoms with Crippen LogP contribution in [0.1, 0.15) is 31.8 Å². The van der Waals surface area contributed by atoms with Crippen LogP contribution in [-0.2, 0) is 6.18 Å². The minimum absolute atomic E-state index is 0.240. The Morgan fingerprint density at radius 3 is 1.72 bits per heavy atom. The molecule has 0 saturated carbocycles. The van der Waals surface area contributed by atoms with Crippen LogP contribution in [0.25, 0.3) is 0 Å². The fourth-order valence-electron chi connectivity index (χ4n) is 2.64. The first-order valence-electron chi connectivity index (χ1n) is 8.69. The summed E-state index contributed by atoms with van der Waals surface area (Å²) < 4.78 is 37.8. The highest BCUT2D eigenvalue weighted by Gasteiger charge is 2.30. The zero-order valence-corrected chi connectivity index (χ0v) is 15.4. The van der Waals surface area contributed by atoms with E-state index >= 15 is 0 Å². The van der Waals surface area contributed by atoms with E-state index in [9.17, 15) is 22.8 Å². The number of amides is 2. The van der Waals surface area contributed by atoms with E-state index in [2.05, 4.69) is 10.6 Å². The minimum Gasteiger partial charge on any atom is -0.322 e. The highest BCUT2D eigenvalue weighted by atomic mass is 19.4. The topological polar surface area (TPSA) is 58.2 Å². The lowest BCUT2D eigenvalue weighted by molar-refractivity contribution is -0.137. The third-order valence-corrected chi connectivity index (χ3v) is 4.16. The SMILES string of the molecule is Cc1cccc(NC(=O)c2ccc(C(=O)Nc3ccc(C(F)(F)F)cc3)cc2)c1. The summed E-state index contributed by atoms with van der Waals surface area (Å²) in [5.41, 5.74) is 1.77. The molecule has 148 valence electrons. The Hall–Kier alpha value is -3.61. The van der Waals surface area contributed by atoms with Crippen molar-refractivity contribution < 1.29 is 22.8 Å². The van der Waals surface area contributed by atoms with E-state index < -0.39 is 17.6 Å². The van der Waals surface area contributed by atoms with Gasteiger partial charge in [-0.2, -0.15) is 13.2 Å². The lowest BCUT2D eigenvalue weighted by Gasteiger charge is -2.09. The molecule has 0 aliphatic carbocycles. The van der Waals surface area contributed by atoms with Crippen molar-refractivity contribution in [3.63, 3.8) is 0 Å². The Labute approximate surface area is 165 Å². The highest BCUT2D eigenvalue weighted by molar-refractivity contribution is 6.07. The van der Waals surface area contributed by atoms with Crippen LogP contribution < -0.4 is 10.6 Å². The molecule has 0 fully saturated rings. The number of hydrogen-bond donors (Lipinski definition) is 2. The van der Waals surface area contributed by atoms with Gasteiger partial charge < -0.3 is 10.6 Å². The highest BCUT2D eigenvalue weighted by Crippen LogP contribution is 2.29. The zero-order chi connectivity index (χ0) is 21.0. The van der Waals surface area contributed by atoms with E-state index in [0.29, 0.717) is 11.3 Å². The second kappa shape index (κ2) is 8.18. The molecule has 0 aliphatic rings. The molecule has 0 aromatic heterocycles. The van der Waals surface area contributed by atoms with Gasteiger partial charge in [-0.05, 0) is 73.2 Å². The van der Waals surface area contributed by atoms with E-state index in [1.165, 1.54) is 36.4 Å². The molecular formula is C22H17F3N2O2.